The minimum absolute atomic E-state index is 0.296. The lowest BCUT2D eigenvalue weighted by Gasteiger charge is -2.16. The van der Waals surface area contributed by atoms with Gasteiger partial charge in [-0.15, -0.1) is 0 Å². The number of benzene rings is 2. The number of methoxy groups -OCH3 is 2. The van der Waals surface area contributed by atoms with Crippen LogP contribution in [-0.2, 0) is 14.3 Å². The second-order valence-corrected chi connectivity index (χ2v) is 7.49. The minimum Gasteiger partial charge on any atom is -0.497 e. The van der Waals surface area contributed by atoms with Gasteiger partial charge in [0.1, 0.15) is 11.8 Å². The number of esters is 1. The number of thioether (sulfide) groups is 1. The third-order valence-electron chi connectivity index (χ3n) is 4.36. The molecule has 0 aliphatic carbocycles. The maximum atomic E-state index is 12.4. The van der Waals surface area contributed by atoms with E-state index >= 15 is 0 Å². The van der Waals surface area contributed by atoms with Crippen LogP contribution in [0.15, 0.2) is 54.6 Å². The lowest BCUT2D eigenvalue weighted by Crippen LogP contribution is -2.41. The molecule has 0 aliphatic rings. The molecule has 0 unspecified atom stereocenters. The molecule has 0 fully saturated rings. The summed E-state index contributed by atoms with van der Waals surface area (Å²) in [5.41, 5.74) is 1.79. The van der Waals surface area contributed by atoms with E-state index in [4.69, 9.17) is 9.47 Å². The smallest absolute Gasteiger partial charge is 0.328 e. The van der Waals surface area contributed by atoms with E-state index in [0.29, 0.717) is 17.7 Å². The Balaban J connectivity index is 1.93. The van der Waals surface area contributed by atoms with Crippen molar-refractivity contribution in [3.8, 4) is 5.75 Å². The van der Waals surface area contributed by atoms with Gasteiger partial charge in [-0.25, -0.2) is 4.79 Å². The lowest BCUT2D eigenvalue weighted by atomic mass is 10.1. The Labute approximate surface area is 186 Å². The first kappa shape index (κ1) is 24.0. The van der Waals surface area contributed by atoms with Gasteiger partial charge in [0.2, 0.25) is 5.91 Å². The van der Waals surface area contributed by atoms with E-state index in [-0.39, 0.29) is 11.8 Å². The SMILES string of the molecule is COC(=O)[C@H](CCSC)NC(=O)c1ccc(NC(=O)/C=C/c2ccc(OC)cc2)cc1. The van der Waals surface area contributed by atoms with Crippen molar-refractivity contribution in [1.29, 1.82) is 0 Å². The van der Waals surface area contributed by atoms with Gasteiger partial charge < -0.3 is 20.1 Å². The Morgan fingerprint density at radius 1 is 1.03 bits per heavy atom. The Morgan fingerprint density at radius 2 is 1.71 bits per heavy atom. The molecule has 8 heteroatoms. The maximum Gasteiger partial charge on any atom is 0.328 e. The highest BCUT2D eigenvalue weighted by Gasteiger charge is 2.21. The van der Waals surface area contributed by atoms with Gasteiger partial charge in [-0.3, -0.25) is 9.59 Å². The number of carbonyl (C=O) groups is 3. The standard InChI is InChI=1S/C23H26N2O5S/c1-29-19-11-4-16(5-12-19)6-13-21(26)24-18-9-7-17(8-10-18)22(27)25-20(14-15-31-3)23(28)30-2/h4-13,20H,14-15H2,1-3H3,(H,24,26)(H,25,27)/b13-6+/t20-/m0/s1. The van der Waals surface area contributed by atoms with E-state index in [1.807, 2.05) is 30.5 Å². The first-order chi connectivity index (χ1) is 15.0. The molecule has 1 atom stereocenters. The first-order valence-corrected chi connectivity index (χ1v) is 11.0. The Morgan fingerprint density at radius 3 is 2.29 bits per heavy atom. The Bertz CT molecular complexity index is 911. The number of hydrogen-bond donors (Lipinski definition) is 2. The summed E-state index contributed by atoms with van der Waals surface area (Å²) in [5.74, 6) is 0.308. The van der Waals surface area contributed by atoms with Gasteiger partial charge in [-0.2, -0.15) is 11.8 Å². The second kappa shape index (κ2) is 12.4. The number of rotatable bonds is 10. The van der Waals surface area contributed by atoms with Crippen LogP contribution in [0, 0.1) is 0 Å². The zero-order valence-electron chi connectivity index (χ0n) is 17.7. The highest BCUT2D eigenvalue weighted by atomic mass is 32.2. The number of hydrogen-bond acceptors (Lipinski definition) is 6. The molecule has 0 bridgehead atoms. The van der Waals surface area contributed by atoms with Gasteiger partial charge in [0.05, 0.1) is 14.2 Å². The average molecular weight is 443 g/mol. The van der Waals surface area contributed by atoms with Crippen molar-refractivity contribution in [2.75, 3.05) is 31.5 Å². The molecule has 0 aromatic heterocycles. The van der Waals surface area contributed by atoms with E-state index in [1.165, 1.54) is 13.2 Å². The van der Waals surface area contributed by atoms with Gasteiger partial charge in [0.25, 0.3) is 5.91 Å². The molecule has 0 aliphatic heterocycles. The summed E-state index contributed by atoms with van der Waals surface area (Å²) in [6.07, 6.45) is 5.52. The predicted molar refractivity (Wildman–Crippen MR) is 123 cm³/mol. The van der Waals surface area contributed by atoms with E-state index in [0.717, 1.165) is 17.1 Å². The lowest BCUT2D eigenvalue weighted by molar-refractivity contribution is -0.142. The minimum atomic E-state index is -0.701. The van der Waals surface area contributed by atoms with E-state index in [1.54, 1.807) is 49.2 Å². The largest absolute Gasteiger partial charge is 0.497 e. The summed E-state index contributed by atoms with van der Waals surface area (Å²) in [4.78, 5) is 36.4. The molecular formula is C23H26N2O5S. The van der Waals surface area contributed by atoms with Crippen molar-refractivity contribution in [3.05, 3.63) is 65.7 Å². The van der Waals surface area contributed by atoms with E-state index in [2.05, 4.69) is 10.6 Å². The summed E-state index contributed by atoms with van der Waals surface area (Å²) in [6.45, 7) is 0. The summed E-state index contributed by atoms with van der Waals surface area (Å²) in [6, 6.07) is 13.0. The van der Waals surface area contributed by atoms with Crippen molar-refractivity contribution < 1.29 is 23.9 Å². The number of ether oxygens (including phenoxy) is 2. The highest BCUT2D eigenvalue weighted by Crippen LogP contribution is 2.13. The fourth-order valence-electron chi connectivity index (χ4n) is 2.64. The fourth-order valence-corrected chi connectivity index (χ4v) is 3.12. The van der Waals surface area contributed by atoms with Crippen molar-refractivity contribution in [2.45, 2.75) is 12.5 Å². The van der Waals surface area contributed by atoms with Crippen LogP contribution in [0.2, 0.25) is 0 Å². The molecule has 164 valence electrons. The fraction of sp³-hybridized carbons (Fsp3) is 0.261. The molecule has 0 saturated carbocycles. The summed E-state index contributed by atoms with van der Waals surface area (Å²) < 4.78 is 9.85. The molecular weight excluding hydrogens is 416 g/mol. The van der Waals surface area contributed by atoms with Gasteiger partial charge in [0.15, 0.2) is 0 Å². The van der Waals surface area contributed by atoms with Crippen LogP contribution < -0.4 is 15.4 Å². The van der Waals surface area contributed by atoms with Crippen molar-refractivity contribution in [1.82, 2.24) is 5.32 Å². The monoisotopic (exact) mass is 442 g/mol. The number of amides is 2. The number of anilines is 1. The molecule has 0 spiro atoms. The molecule has 2 aromatic carbocycles. The average Bonchev–Trinajstić information content (AvgIpc) is 2.80. The molecule has 2 aromatic rings. The van der Waals surface area contributed by atoms with Gasteiger partial charge >= 0.3 is 5.97 Å². The van der Waals surface area contributed by atoms with Crippen molar-refractivity contribution in [3.63, 3.8) is 0 Å². The van der Waals surface area contributed by atoms with E-state index < -0.39 is 12.0 Å². The third kappa shape index (κ3) is 7.82. The highest BCUT2D eigenvalue weighted by molar-refractivity contribution is 7.98. The molecule has 0 radical (unpaired) electrons. The number of nitrogens with one attached hydrogen (secondary N) is 2. The molecule has 0 saturated heterocycles. The quantitative estimate of drug-likeness (QED) is 0.433. The normalized spacial score (nSPS) is 11.6. The van der Waals surface area contributed by atoms with Crippen LogP contribution in [-0.4, -0.2) is 50.1 Å². The van der Waals surface area contributed by atoms with Crippen LogP contribution in [0.5, 0.6) is 5.75 Å². The van der Waals surface area contributed by atoms with Gasteiger partial charge in [-0.1, -0.05) is 12.1 Å². The Kier molecular flexibility index (Phi) is 9.64. The number of carbonyl (C=O) groups excluding carboxylic acids is 3. The van der Waals surface area contributed by atoms with Gasteiger partial charge in [-0.05, 0) is 66.5 Å². The molecule has 0 heterocycles. The summed E-state index contributed by atoms with van der Waals surface area (Å²) in [5, 5.41) is 5.43. The van der Waals surface area contributed by atoms with Crippen LogP contribution in [0.3, 0.4) is 0 Å². The molecule has 2 N–H and O–H groups in total. The summed E-state index contributed by atoms with van der Waals surface area (Å²) >= 11 is 1.58. The van der Waals surface area contributed by atoms with Crippen LogP contribution >= 0.6 is 11.8 Å². The summed E-state index contributed by atoms with van der Waals surface area (Å²) in [7, 11) is 2.89. The predicted octanol–water partition coefficient (Wildman–Crippen LogP) is 3.37. The second-order valence-electron chi connectivity index (χ2n) is 6.50. The topological polar surface area (TPSA) is 93.7 Å². The molecule has 31 heavy (non-hydrogen) atoms. The first-order valence-electron chi connectivity index (χ1n) is 9.57. The molecule has 2 rings (SSSR count). The van der Waals surface area contributed by atoms with E-state index in [9.17, 15) is 14.4 Å². The zero-order chi connectivity index (χ0) is 22.6. The molecule has 7 nitrogen and oxygen atoms in total. The van der Waals surface area contributed by atoms with Crippen LogP contribution in [0.1, 0.15) is 22.3 Å². The van der Waals surface area contributed by atoms with Crippen LogP contribution in [0.4, 0.5) is 5.69 Å². The van der Waals surface area contributed by atoms with Crippen molar-refractivity contribution >= 4 is 41.3 Å². The van der Waals surface area contributed by atoms with Crippen molar-refractivity contribution in [2.24, 2.45) is 0 Å². The van der Waals surface area contributed by atoms with Crippen LogP contribution in [0.25, 0.3) is 6.08 Å². The third-order valence-corrected chi connectivity index (χ3v) is 5.00. The van der Waals surface area contributed by atoms with Gasteiger partial charge in [0, 0.05) is 17.3 Å². The zero-order valence-corrected chi connectivity index (χ0v) is 18.5. The maximum absolute atomic E-state index is 12.4. The molecule has 2 amide bonds. The Hall–Kier alpha value is -3.26.